The van der Waals surface area contributed by atoms with Crippen LogP contribution in [0.25, 0.3) is 5.65 Å². The zero-order valence-electron chi connectivity index (χ0n) is 15.9. The Morgan fingerprint density at radius 2 is 1.93 bits per heavy atom. The van der Waals surface area contributed by atoms with Crippen LogP contribution in [0.4, 0.5) is 13.2 Å². The number of piperidine rings is 1. The highest BCUT2D eigenvalue weighted by molar-refractivity contribution is 5.44. The maximum atomic E-state index is 12.9. The number of aryl methyl sites for hydroxylation is 1. The van der Waals surface area contributed by atoms with Crippen LogP contribution < -0.4 is 5.32 Å². The van der Waals surface area contributed by atoms with Gasteiger partial charge in [-0.25, -0.2) is 9.50 Å². The molecule has 27 heavy (non-hydrogen) atoms. The van der Waals surface area contributed by atoms with Gasteiger partial charge in [-0.2, -0.15) is 18.3 Å². The molecule has 0 amide bonds. The van der Waals surface area contributed by atoms with Crippen LogP contribution in [-0.2, 0) is 5.41 Å². The second kappa shape index (κ2) is 6.76. The maximum absolute atomic E-state index is 12.9. The van der Waals surface area contributed by atoms with Gasteiger partial charge in [0.15, 0.2) is 5.65 Å². The molecule has 2 fully saturated rings. The Labute approximate surface area is 157 Å². The molecule has 0 aromatic carbocycles. The van der Waals surface area contributed by atoms with Gasteiger partial charge < -0.3 is 5.32 Å². The van der Waals surface area contributed by atoms with Crippen molar-refractivity contribution in [3.63, 3.8) is 0 Å². The monoisotopic (exact) mass is 380 g/mol. The Morgan fingerprint density at radius 1 is 1.19 bits per heavy atom. The summed E-state index contributed by atoms with van der Waals surface area (Å²) in [7, 11) is 0. The number of hydrogen-bond donors (Lipinski definition) is 1. The van der Waals surface area contributed by atoms with Crippen molar-refractivity contribution in [2.24, 2.45) is 5.92 Å². The van der Waals surface area contributed by atoms with Crippen LogP contribution in [0.3, 0.4) is 0 Å². The molecular formula is C20H27F3N4. The van der Waals surface area contributed by atoms with E-state index < -0.39 is 12.1 Å². The molecule has 1 aliphatic carbocycles. The van der Waals surface area contributed by atoms with Crippen LogP contribution in [-0.4, -0.2) is 33.9 Å². The van der Waals surface area contributed by atoms with E-state index in [1.54, 1.807) is 0 Å². The summed E-state index contributed by atoms with van der Waals surface area (Å²) in [6.07, 6.45) is -0.383. The maximum Gasteiger partial charge on any atom is 0.391 e. The fraction of sp³-hybridized carbons (Fsp3) is 0.700. The minimum Gasteiger partial charge on any atom is -0.316 e. The van der Waals surface area contributed by atoms with Crippen molar-refractivity contribution in [3.8, 4) is 0 Å². The summed E-state index contributed by atoms with van der Waals surface area (Å²) >= 11 is 0. The molecule has 7 heteroatoms. The average Bonchev–Trinajstić information content (AvgIpc) is 3.04. The fourth-order valence-corrected chi connectivity index (χ4v) is 4.74. The number of rotatable bonds is 2. The van der Waals surface area contributed by atoms with E-state index in [0.717, 1.165) is 48.7 Å². The summed E-state index contributed by atoms with van der Waals surface area (Å²) in [5.41, 5.74) is 3.79. The molecule has 2 aromatic heterocycles. The average molecular weight is 380 g/mol. The van der Waals surface area contributed by atoms with Gasteiger partial charge in [-0.3, -0.25) is 0 Å². The first kappa shape index (κ1) is 18.7. The molecule has 1 atom stereocenters. The normalized spacial score (nSPS) is 30.0. The SMILES string of the molecule is Cc1cc([C@]2(C)CCCNC2)n2nc(C3CCC(C(F)(F)F)CC3)cc2n1. The number of aromatic nitrogens is 3. The van der Waals surface area contributed by atoms with Gasteiger partial charge in [0.05, 0.1) is 17.3 Å². The number of nitrogens with one attached hydrogen (secondary N) is 1. The zero-order chi connectivity index (χ0) is 19.2. The minimum absolute atomic E-state index is 0.0125. The second-order valence-corrected chi connectivity index (χ2v) is 8.55. The molecule has 2 aromatic rings. The first-order valence-corrected chi connectivity index (χ1v) is 9.91. The molecule has 3 heterocycles. The molecule has 0 radical (unpaired) electrons. The third kappa shape index (κ3) is 3.58. The Kier molecular flexibility index (Phi) is 4.69. The summed E-state index contributed by atoms with van der Waals surface area (Å²) in [5, 5.41) is 8.31. The van der Waals surface area contributed by atoms with E-state index in [0.29, 0.717) is 12.8 Å². The fourth-order valence-electron chi connectivity index (χ4n) is 4.74. The number of fused-ring (bicyclic) bond motifs is 1. The Hall–Kier alpha value is -1.63. The molecule has 4 nitrogen and oxygen atoms in total. The van der Waals surface area contributed by atoms with Crippen LogP contribution in [0.2, 0.25) is 0 Å². The molecule has 4 rings (SSSR count). The largest absolute Gasteiger partial charge is 0.391 e. The van der Waals surface area contributed by atoms with Gasteiger partial charge in [0.2, 0.25) is 0 Å². The highest BCUT2D eigenvalue weighted by Crippen LogP contribution is 2.43. The van der Waals surface area contributed by atoms with E-state index in [1.807, 2.05) is 17.5 Å². The van der Waals surface area contributed by atoms with E-state index in [4.69, 9.17) is 5.10 Å². The summed E-state index contributed by atoms with van der Waals surface area (Å²) in [5.74, 6) is -1.07. The topological polar surface area (TPSA) is 42.2 Å². The quantitative estimate of drug-likeness (QED) is 0.833. The van der Waals surface area contributed by atoms with Crippen molar-refractivity contribution >= 4 is 5.65 Å². The van der Waals surface area contributed by atoms with Crippen molar-refractivity contribution in [1.29, 1.82) is 0 Å². The molecule has 0 unspecified atom stereocenters. The van der Waals surface area contributed by atoms with Crippen LogP contribution >= 0.6 is 0 Å². The van der Waals surface area contributed by atoms with Crippen molar-refractivity contribution in [1.82, 2.24) is 19.9 Å². The van der Waals surface area contributed by atoms with E-state index in [1.165, 1.54) is 0 Å². The van der Waals surface area contributed by atoms with Gasteiger partial charge in [0, 0.05) is 29.6 Å². The molecule has 0 spiro atoms. The number of halogens is 3. The summed E-state index contributed by atoms with van der Waals surface area (Å²) in [4.78, 5) is 4.63. The first-order valence-electron chi connectivity index (χ1n) is 9.91. The summed E-state index contributed by atoms with van der Waals surface area (Å²) in [6.45, 7) is 6.18. The van der Waals surface area contributed by atoms with E-state index >= 15 is 0 Å². The van der Waals surface area contributed by atoms with Gasteiger partial charge >= 0.3 is 6.18 Å². The lowest BCUT2D eigenvalue weighted by atomic mass is 9.79. The van der Waals surface area contributed by atoms with E-state index in [9.17, 15) is 13.2 Å². The lowest BCUT2D eigenvalue weighted by molar-refractivity contribution is -0.182. The van der Waals surface area contributed by atoms with Crippen molar-refractivity contribution < 1.29 is 13.2 Å². The molecule has 1 aliphatic heterocycles. The predicted molar refractivity (Wildman–Crippen MR) is 97.9 cm³/mol. The first-order chi connectivity index (χ1) is 12.8. The van der Waals surface area contributed by atoms with Crippen LogP contribution in [0.15, 0.2) is 12.1 Å². The Balaban J connectivity index is 1.64. The van der Waals surface area contributed by atoms with Gasteiger partial charge in [-0.05, 0) is 58.1 Å². The molecule has 1 saturated heterocycles. The lowest BCUT2D eigenvalue weighted by Crippen LogP contribution is -2.42. The highest BCUT2D eigenvalue weighted by atomic mass is 19.4. The van der Waals surface area contributed by atoms with Crippen molar-refractivity contribution in [2.75, 3.05) is 13.1 Å². The van der Waals surface area contributed by atoms with Crippen molar-refractivity contribution in [2.45, 2.75) is 69.9 Å². The highest BCUT2D eigenvalue weighted by Gasteiger charge is 2.42. The number of nitrogens with zero attached hydrogens (tertiary/aromatic N) is 3. The third-order valence-electron chi connectivity index (χ3n) is 6.40. The van der Waals surface area contributed by atoms with Gasteiger partial charge in [-0.1, -0.05) is 6.92 Å². The number of alkyl halides is 3. The summed E-state index contributed by atoms with van der Waals surface area (Å²) in [6, 6.07) is 4.09. The van der Waals surface area contributed by atoms with E-state index in [-0.39, 0.29) is 24.2 Å². The lowest BCUT2D eigenvalue weighted by Gasteiger charge is -2.34. The Bertz CT molecular complexity index is 812. The summed E-state index contributed by atoms with van der Waals surface area (Å²) < 4.78 is 40.8. The smallest absolute Gasteiger partial charge is 0.316 e. The Morgan fingerprint density at radius 3 is 2.56 bits per heavy atom. The molecule has 0 bridgehead atoms. The molecule has 148 valence electrons. The van der Waals surface area contributed by atoms with Gasteiger partial charge in [-0.15, -0.1) is 0 Å². The molecule has 1 N–H and O–H groups in total. The molecular weight excluding hydrogens is 353 g/mol. The van der Waals surface area contributed by atoms with Crippen LogP contribution in [0.5, 0.6) is 0 Å². The second-order valence-electron chi connectivity index (χ2n) is 8.55. The molecule has 1 saturated carbocycles. The third-order valence-corrected chi connectivity index (χ3v) is 6.40. The van der Waals surface area contributed by atoms with E-state index in [2.05, 4.69) is 23.3 Å². The predicted octanol–water partition coefficient (Wildman–Crippen LogP) is 4.51. The minimum atomic E-state index is -4.07. The van der Waals surface area contributed by atoms with Crippen LogP contribution in [0.1, 0.15) is 68.4 Å². The van der Waals surface area contributed by atoms with Gasteiger partial charge in [0.1, 0.15) is 0 Å². The standard InChI is InChI=1S/C20H27F3N4/c1-13-10-17(19(2)8-3-9-24-12-19)27-18(25-13)11-16(26-27)14-4-6-15(7-5-14)20(21,22)23/h10-11,14-15,24H,3-9,12H2,1-2H3/t14?,15?,19-/m1/s1. The molecule has 2 aliphatic rings. The number of hydrogen-bond acceptors (Lipinski definition) is 3. The van der Waals surface area contributed by atoms with Crippen molar-refractivity contribution in [3.05, 3.63) is 29.2 Å². The van der Waals surface area contributed by atoms with Gasteiger partial charge in [0.25, 0.3) is 0 Å². The van der Waals surface area contributed by atoms with Crippen LogP contribution in [0, 0.1) is 12.8 Å². The zero-order valence-corrected chi connectivity index (χ0v) is 15.9.